The van der Waals surface area contributed by atoms with Crippen LogP contribution in [0.1, 0.15) is 11.1 Å². The summed E-state index contributed by atoms with van der Waals surface area (Å²) in [5, 5.41) is 24.9. The van der Waals surface area contributed by atoms with Gasteiger partial charge in [0.05, 0.1) is 10.6 Å². The standard InChI is InChI=1S/C12H14N2O4S/c1-7-8(2)12(16)14(11(7)15)9-3-5-10(6-4-9)19(13,17)18/h3-6,15-16H,1-2H3,(H2,13,17,18). The van der Waals surface area contributed by atoms with Crippen LogP contribution in [0.4, 0.5) is 0 Å². The van der Waals surface area contributed by atoms with Gasteiger partial charge in [-0.2, -0.15) is 0 Å². The Morgan fingerprint density at radius 2 is 1.42 bits per heavy atom. The number of nitrogens with zero attached hydrogens (tertiary/aromatic N) is 1. The Balaban J connectivity index is 2.59. The lowest BCUT2D eigenvalue weighted by Gasteiger charge is -2.07. The van der Waals surface area contributed by atoms with Gasteiger partial charge in [0.15, 0.2) is 0 Å². The highest BCUT2D eigenvalue weighted by atomic mass is 32.2. The molecule has 2 aromatic rings. The van der Waals surface area contributed by atoms with Crippen molar-refractivity contribution in [3.05, 3.63) is 35.4 Å². The van der Waals surface area contributed by atoms with Gasteiger partial charge in [-0.15, -0.1) is 0 Å². The quantitative estimate of drug-likeness (QED) is 0.768. The molecule has 0 aliphatic rings. The topological polar surface area (TPSA) is 106 Å². The second kappa shape index (κ2) is 4.29. The SMILES string of the molecule is Cc1c(C)c(O)n(-c2ccc(S(N)(=O)=O)cc2)c1O. The number of primary sulfonamides is 1. The summed E-state index contributed by atoms with van der Waals surface area (Å²) in [5.74, 6) is -0.170. The maximum atomic E-state index is 11.1. The van der Waals surface area contributed by atoms with Gasteiger partial charge in [0.2, 0.25) is 21.8 Å². The molecule has 102 valence electrons. The summed E-state index contributed by atoms with van der Waals surface area (Å²) in [6.07, 6.45) is 0. The second-order valence-corrected chi connectivity index (χ2v) is 5.83. The van der Waals surface area contributed by atoms with Crippen LogP contribution in [0.25, 0.3) is 5.69 Å². The highest BCUT2D eigenvalue weighted by molar-refractivity contribution is 7.89. The predicted molar refractivity (Wildman–Crippen MR) is 69.9 cm³/mol. The summed E-state index contributed by atoms with van der Waals surface area (Å²) in [5.41, 5.74) is 1.57. The molecular formula is C12H14N2O4S. The average Bonchev–Trinajstić information content (AvgIpc) is 2.53. The zero-order chi connectivity index (χ0) is 14.4. The van der Waals surface area contributed by atoms with E-state index in [0.29, 0.717) is 16.8 Å². The largest absolute Gasteiger partial charge is 0.494 e. The van der Waals surface area contributed by atoms with Crippen LogP contribution in [0.3, 0.4) is 0 Å². The molecule has 1 aromatic heterocycles. The van der Waals surface area contributed by atoms with Crippen molar-refractivity contribution in [3.63, 3.8) is 0 Å². The first-order valence-corrected chi connectivity index (χ1v) is 7.01. The first kappa shape index (κ1) is 13.4. The van der Waals surface area contributed by atoms with Crippen LogP contribution >= 0.6 is 0 Å². The van der Waals surface area contributed by atoms with Crippen LogP contribution in [0.5, 0.6) is 11.8 Å². The highest BCUT2D eigenvalue weighted by Crippen LogP contribution is 2.35. The molecule has 0 saturated carbocycles. The highest BCUT2D eigenvalue weighted by Gasteiger charge is 2.17. The minimum Gasteiger partial charge on any atom is -0.494 e. The third-order valence-corrected chi connectivity index (χ3v) is 4.01. The normalized spacial score (nSPS) is 11.7. The van der Waals surface area contributed by atoms with E-state index in [2.05, 4.69) is 0 Å². The van der Waals surface area contributed by atoms with E-state index in [1.54, 1.807) is 13.8 Å². The molecule has 2 rings (SSSR count). The molecule has 0 aliphatic heterocycles. The predicted octanol–water partition coefficient (Wildman–Crippen LogP) is 1.15. The Morgan fingerprint density at radius 3 is 1.79 bits per heavy atom. The third kappa shape index (κ3) is 2.18. The van der Waals surface area contributed by atoms with E-state index in [0.717, 1.165) is 0 Å². The number of aromatic nitrogens is 1. The fourth-order valence-corrected chi connectivity index (χ4v) is 2.32. The molecule has 0 radical (unpaired) electrons. The zero-order valence-corrected chi connectivity index (χ0v) is 11.3. The summed E-state index contributed by atoms with van der Waals surface area (Å²) < 4.78 is 23.5. The molecule has 7 heteroatoms. The Kier molecular flexibility index (Phi) is 3.03. The lowest BCUT2D eigenvalue weighted by Crippen LogP contribution is -2.11. The molecule has 6 nitrogen and oxygen atoms in total. The van der Waals surface area contributed by atoms with Crippen molar-refractivity contribution >= 4 is 10.0 Å². The Labute approximate surface area is 110 Å². The first-order valence-electron chi connectivity index (χ1n) is 5.46. The summed E-state index contributed by atoms with van der Waals surface area (Å²) in [4.78, 5) is -0.0316. The van der Waals surface area contributed by atoms with Crippen molar-refractivity contribution < 1.29 is 18.6 Å². The molecule has 4 N–H and O–H groups in total. The monoisotopic (exact) mass is 282 g/mol. The summed E-state index contributed by atoms with van der Waals surface area (Å²) in [6.45, 7) is 3.36. The Bertz CT molecular complexity index is 705. The van der Waals surface area contributed by atoms with Crippen molar-refractivity contribution in [2.75, 3.05) is 0 Å². The molecule has 0 saturated heterocycles. The van der Waals surface area contributed by atoms with Gasteiger partial charge in [0, 0.05) is 11.1 Å². The van der Waals surface area contributed by atoms with Gasteiger partial charge in [-0.3, -0.25) is 4.57 Å². The van der Waals surface area contributed by atoms with E-state index in [-0.39, 0.29) is 16.7 Å². The van der Waals surface area contributed by atoms with Crippen molar-refractivity contribution in [1.82, 2.24) is 4.57 Å². The number of nitrogens with two attached hydrogens (primary N) is 1. The summed E-state index contributed by atoms with van der Waals surface area (Å²) in [7, 11) is -3.76. The van der Waals surface area contributed by atoms with Crippen molar-refractivity contribution in [2.24, 2.45) is 5.14 Å². The maximum Gasteiger partial charge on any atom is 0.238 e. The van der Waals surface area contributed by atoms with Crippen LogP contribution in [0.15, 0.2) is 29.2 Å². The molecule has 1 heterocycles. The van der Waals surface area contributed by atoms with Crippen LogP contribution in [-0.2, 0) is 10.0 Å². The minimum atomic E-state index is -3.76. The fraction of sp³-hybridized carbons (Fsp3) is 0.167. The number of rotatable bonds is 2. The second-order valence-electron chi connectivity index (χ2n) is 4.27. The van der Waals surface area contributed by atoms with Gasteiger partial charge in [-0.1, -0.05) is 0 Å². The Morgan fingerprint density at radius 1 is 1.00 bits per heavy atom. The van der Waals surface area contributed by atoms with E-state index in [9.17, 15) is 18.6 Å². The number of hydrogen-bond donors (Lipinski definition) is 3. The molecule has 0 fully saturated rings. The van der Waals surface area contributed by atoms with Crippen LogP contribution in [0, 0.1) is 13.8 Å². The van der Waals surface area contributed by atoms with Gasteiger partial charge in [0.1, 0.15) is 0 Å². The number of aromatic hydroxyl groups is 2. The zero-order valence-electron chi connectivity index (χ0n) is 10.5. The average molecular weight is 282 g/mol. The summed E-state index contributed by atoms with van der Waals surface area (Å²) >= 11 is 0. The van der Waals surface area contributed by atoms with Crippen molar-refractivity contribution in [2.45, 2.75) is 18.7 Å². The molecule has 0 spiro atoms. The van der Waals surface area contributed by atoms with E-state index < -0.39 is 10.0 Å². The maximum absolute atomic E-state index is 11.1. The fourth-order valence-electron chi connectivity index (χ4n) is 1.80. The number of sulfonamides is 1. The lowest BCUT2D eigenvalue weighted by atomic mass is 10.2. The molecular weight excluding hydrogens is 268 g/mol. The minimum absolute atomic E-state index is 0.0316. The van der Waals surface area contributed by atoms with Gasteiger partial charge in [0.25, 0.3) is 0 Å². The van der Waals surface area contributed by atoms with E-state index in [1.807, 2.05) is 0 Å². The van der Waals surface area contributed by atoms with E-state index in [4.69, 9.17) is 5.14 Å². The van der Waals surface area contributed by atoms with Crippen molar-refractivity contribution in [3.8, 4) is 17.4 Å². The van der Waals surface area contributed by atoms with Gasteiger partial charge >= 0.3 is 0 Å². The van der Waals surface area contributed by atoms with E-state index >= 15 is 0 Å². The van der Waals surface area contributed by atoms with Crippen LogP contribution in [0.2, 0.25) is 0 Å². The van der Waals surface area contributed by atoms with Crippen molar-refractivity contribution in [1.29, 1.82) is 0 Å². The first-order chi connectivity index (χ1) is 8.73. The van der Waals surface area contributed by atoms with E-state index in [1.165, 1.54) is 28.8 Å². The smallest absolute Gasteiger partial charge is 0.238 e. The van der Waals surface area contributed by atoms with Gasteiger partial charge in [-0.05, 0) is 38.1 Å². The molecule has 0 unspecified atom stereocenters. The molecule has 0 bridgehead atoms. The molecule has 0 atom stereocenters. The third-order valence-electron chi connectivity index (χ3n) is 3.08. The summed E-state index contributed by atoms with van der Waals surface area (Å²) in [6, 6.07) is 5.54. The van der Waals surface area contributed by atoms with Crippen LogP contribution in [-0.4, -0.2) is 23.2 Å². The molecule has 0 aliphatic carbocycles. The Hall–Kier alpha value is -1.99. The number of hydrogen-bond acceptors (Lipinski definition) is 4. The van der Waals surface area contributed by atoms with Crippen LogP contribution < -0.4 is 5.14 Å². The van der Waals surface area contributed by atoms with Gasteiger partial charge < -0.3 is 10.2 Å². The molecule has 19 heavy (non-hydrogen) atoms. The molecule has 1 aromatic carbocycles. The molecule has 0 amide bonds. The number of benzene rings is 1. The lowest BCUT2D eigenvalue weighted by molar-refractivity contribution is 0.400. The van der Waals surface area contributed by atoms with Gasteiger partial charge in [-0.25, -0.2) is 13.6 Å².